The van der Waals surface area contributed by atoms with Crippen LogP contribution in [0, 0.1) is 23.4 Å². The average Bonchev–Trinajstić information content (AvgIpc) is 2.72. The minimum Gasteiger partial charge on any atom is -0.339 e. The molecule has 1 saturated heterocycles. The number of aryl methyl sites for hydroxylation is 1. The number of hydrogen-bond acceptors (Lipinski definition) is 2. The van der Waals surface area contributed by atoms with E-state index in [2.05, 4.69) is 5.32 Å². The SMILES string of the molecule is CCc1ccccc1NC(=O)C1CCN(C(=O)c2ccc(F)c(F)c2F)CC1. The lowest BCUT2D eigenvalue weighted by molar-refractivity contribution is -0.121. The summed E-state index contributed by atoms with van der Waals surface area (Å²) < 4.78 is 40.3. The number of halogens is 3. The number of carbonyl (C=O) groups is 2. The van der Waals surface area contributed by atoms with Crippen LogP contribution in [0.1, 0.15) is 35.7 Å². The number of nitrogens with one attached hydrogen (secondary N) is 1. The average molecular weight is 390 g/mol. The van der Waals surface area contributed by atoms with Crippen LogP contribution in [0.4, 0.5) is 18.9 Å². The number of amides is 2. The molecule has 148 valence electrons. The fourth-order valence-corrected chi connectivity index (χ4v) is 3.39. The number of piperidine rings is 1. The number of hydrogen-bond donors (Lipinski definition) is 1. The molecule has 7 heteroatoms. The number of carbonyl (C=O) groups excluding carboxylic acids is 2. The molecule has 0 bridgehead atoms. The third-order valence-corrected chi connectivity index (χ3v) is 5.07. The van der Waals surface area contributed by atoms with Crippen LogP contribution in [0.15, 0.2) is 36.4 Å². The Hall–Kier alpha value is -2.83. The molecule has 1 aliphatic heterocycles. The molecule has 0 radical (unpaired) electrons. The van der Waals surface area contributed by atoms with Gasteiger partial charge in [-0.2, -0.15) is 0 Å². The molecule has 3 rings (SSSR count). The van der Waals surface area contributed by atoms with E-state index in [9.17, 15) is 22.8 Å². The quantitative estimate of drug-likeness (QED) is 0.797. The van der Waals surface area contributed by atoms with Crippen molar-refractivity contribution in [3.05, 3.63) is 65.0 Å². The van der Waals surface area contributed by atoms with Crippen LogP contribution in [0.2, 0.25) is 0 Å². The van der Waals surface area contributed by atoms with Crippen LogP contribution >= 0.6 is 0 Å². The van der Waals surface area contributed by atoms with Crippen molar-refractivity contribution >= 4 is 17.5 Å². The first-order valence-electron chi connectivity index (χ1n) is 9.24. The summed E-state index contributed by atoms with van der Waals surface area (Å²) in [5.41, 5.74) is 1.31. The van der Waals surface area contributed by atoms with E-state index in [1.165, 1.54) is 4.90 Å². The Kier molecular flexibility index (Phi) is 6.02. The van der Waals surface area contributed by atoms with E-state index >= 15 is 0 Å². The van der Waals surface area contributed by atoms with Crippen molar-refractivity contribution in [2.24, 2.45) is 5.92 Å². The molecule has 1 fully saturated rings. The van der Waals surface area contributed by atoms with Gasteiger partial charge in [-0.1, -0.05) is 25.1 Å². The van der Waals surface area contributed by atoms with Crippen molar-refractivity contribution in [2.75, 3.05) is 18.4 Å². The third kappa shape index (κ3) is 4.03. The van der Waals surface area contributed by atoms with Crippen molar-refractivity contribution in [1.82, 2.24) is 4.90 Å². The van der Waals surface area contributed by atoms with E-state index < -0.39 is 28.9 Å². The Morgan fingerprint density at radius 3 is 2.39 bits per heavy atom. The number of rotatable bonds is 4. The number of para-hydroxylation sites is 1. The van der Waals surface area contributed by atoms with Gasteiger partial charge in [0.25, 0.3) is 5.91 Å². The van der Waals surface area contributed by atoms with Crippen LogP contribution in [0.5, 0.6) is 0 Å². The molecule has 1 heterocycles. The summed E-state index contributed by atoms with van der Waals surface area (Å²) in [6, 6.07) is 9.24. The summed E-state index contributed by atoms with van der Waals surface area (Å²) >= 11 is 0. The molecule has 4 nitrogen and oxygen atoms in total. The maximum Gasteiger partial charge on any atom is 0.256 e. The van der Waals surface area contributed by atoms with E-state index in [1.807, 2.05) is 31.2 Å². The minimum atomic E-state index is -1.66. The van der Waals surface area contributed by atoms with Gasteiger partial charge in [-0.15, -0.1) is 0 Å². The highest BCUT2D eigenvalue weighted by molar-refractivity contribution is 5.95. The lowest BCUT2D eigenvalue weighted by Crippen LogP contribution is -2.41. The summed E-state index contributed by atoms with van der Waals surface area (Å²) in [5.74, 6) is -5.57. The van der Waals surface area contributed by atoms with Gasteiger partial charge in [-0.25, -0.2) is 13.2 Å². The highest BCUT2D eigenvalue weighted by Gasteiger charge is 2.30. The zero-order chi connectivity index (χ0) is 20.3. The maximum absolute atomic E-state index is 13.9. The standard InChI is InChI=1S/C21H21F3N2O2/c1-2-13-5-3-4-6-17(13)25-20(27)14-9-11-26(12-10-14)21(28)15-7-8-16(22)19(24)18(15)23/h3-8,14H,2,9-12H2,1H3,(H,25,27). The zero-order valence-corrected chi connectivity index (χ0v) is 15.5. The lowest BCUT2D eigenvalue weighted by atomic mass is 9.95. The molecule has 28 heavy (non-hydrogen) atoms. The molecule has 0 aliphatic carbocycles. The van der Waals surface area contributed by atoms with Gasteiger partial charge in [0, 0.05) is 24.7 Å². The summed E-state index contributed by atoms with van der Waals surface area (Å²) in [6.45, 7) is 2.49. The van der Waals surface area contributed by atoms with Crippen molar-refractivity contribution in [3.63, 3.8) is 0 Å². The molecule has 1 aliphatic rings. The highest BCUT2D eigenvalue weighted by Crippen LogP contribution is 2.24. The molecule has 0 unspecified atom stereocenters. The number of benzene rings is 2. The second-order valence-corrected chi connectivity index (χ2v) is 6.79. The maximum atomic E-state index is 13.9. The van der Waals surface area contributed by atoms with Crippen LogP contribution in [-0.4, -0.2) is 29.8 Å². The van der Waals surface area contributed by atoms with Crippen molar-refractivity contribution in [1.29, 1.82) is 0 Å². The van der Waals surface area contributed by atoms with E-state index in [-0.39, 0.29) is 24.9 Å². The number of nitrogens with zero attached hydrogens (tertiary/aromatic N) is 1. The third-order valence-electron chi connectivity index (χ3n) is 5.07. The number of anilines is 1. The predicted molar refractivity (Wildman–Crippen MR) is 99.4 cm³/mol. The topological polar surface area (TPSA) is 49.4 Å². The predicted octanol–water partition coefficient (Wildman–Crippen LogP) is 4.16. The van der Waals surface area contributed by atoms with Crippen molar-refractivity contribution in [3.8, 4) is 0 Å². The Labute approximate surface area is 161 Å². The van der Waals surface area contributed by atoms with Gasteiger partial charge in [0.05, 0.1) is 5.56 Å². The van der Waals surface area contributed by atoms with Crippen molar-refractivity contribution < 1.29 is 22.8 Å². The molecule has 0 atom stereocenters. The van der Waals surface area contributed by atoms with Gasteiger partial charge in [0.15, 0.2) is 17.5 Å². The number of likely N-dealkylation sites (tertiary alicyclic amines) is 1. The van der Waals surface area contributed by atoms with Crippen LogP contribution in [0.25, 0.3) is 0 Å². The molecule has 1 N–H and O–H groups in total. The molecule has 0 saturated carbocycles. The van der Waals surface area contributed by atoms with Gasteiger partial charge in [-0.3, -0.25) is 9.59 Å². The zero-order valence-electron chi connectivity index (χ0n) is 15.5. The summed E-state index contributed by atoms with van der Waals surface area (Å²) in [6.07, 6.45) is 1.62. The molecular formula is C21H21F3N2O2. The lowest BCUT2D eigenvalue weighted by Gasteiger charge is -2.31. The summed E-state index contributed by atoms with van der Waals surface area (Å²) in [5, 5.41) is 2.94. The molecule has 2 aromatic rings. The Balaban J connectivity index is 1.62. The Bertz CT molecular complexity index is 893. The van der Waals surface area contributed by atoms with Gasteiger partial charge < -0.3 is 10.2 Å². The molecule has 2 aromatic carbocycles. The fourth-order valence-electron chi connectivity index (χ4n) is 3.39. The van der Waals surface area contributed by atoms with E-state index in [4.69, 9.17) is 0 Å². The van der Waals surface area contributed by atoms with E-state index in [0.29, 0.717) is 12.8 Å². The molecule has 0 spiro atoms. The van der Waals surface area contributed by atoms with Gasteiger partial charge in [0.2, 0.25) is 5.91 Å². The van der Waals surface area contributed by atoms with Gasteiger partial charge in [-0.05, 0) is 43.0 Å². The first-order chi connectivity index (χ1) is 13.4. The van der Waals surface area contributed by atoms with E-state index in [1.54, 1.807) is 0 Å². The first kappa shape index (κ1) is 19.9. The highest BCUT2D eigenvalue weighted by atomic mass is 19.2. The largest absolute Gasteiger partial charge is 0.339 e. The smallest absolute Gasteiger partial charge is 0.256 e. The minimum absolute atomic E-state index is 0.119. The van der Waals surface area contributed by atoms with Gasteiger partial charge >= 0.3 is 0 Å². The fraction of sp³-hybridized carbons (Fsp3) is 0.333. The van der Waals surface area contributed by atoms with Gasteiger partial charge in [0.1, 0.15) is 0 Å². The summed E-state index contributed by atoms with van der Waals surface area (Å²) in [4.78, 5) is 26.3. The van der Waals surface area contributed by atoms with E-state index in [0.717, 1.165) is 29.8 Å². The second kappa shape index (κ2) is 8.46. The monoisotopic (exact) mass is 390 g/mol. The molecule has 2 amide bonds. The Morgan fingerprint density at radius 2 is 1.71 bits per heavy atom. The normalized spacial score (nSPS) is 14.8. The van der Waals surface area contributed by atoms with Crippen molar-refractivity contribution in [2.45, 2.75) is 26.2 Å². The Morgan fingerprint density at radius 1 is 1.04 bits per heavy atom. The first-order valence-corrected chi connectivity index (χ1v) is 9.24. The molecular weight excluding hydrogens is 369 g/mol. The van der Waals surface area contributed by atoms with Crippen LogP contribution in [0.3, 0.4) is 0 Å². The van der Waals surface area contributed by atoms with Crippen LogP contribution in [-0.2, 0) is 11.2 Å². The van der Waals surface area contributed by atoms with Crippen LogP contribution < -0.4 is 5.32 Å². The second-order valence-electron chi connectivity index (χ2n) is 6.79. The summed E-state index contributed by atoms with van der Waals surface area (Å²) in [7, 11) is 0. The molecule has 0 aromatic heterocycles.